The summed E-state index contributed by atoms with van der Waals surface area (Å²) in [6.07, 6.45) is -2.01. The van der Waals surface area contributed by atoms with Crippen LogP contribution in [-0.2, 0) is 47.7 Å². The van der Waals surface area contributed by atoms with Crippen LogP contribution in [0.1, 0.15) is 80.2 Å². The van der Waals surface area contributed by atoms with Gasteiger partial charge in [0.25, 0.3) is 0 Å². The third-order valence-electron chi connectivity index (χ3n) is 10.1. The number of esters is 5. The maximum Gasteiger partial charge on any atom is 0.331 e. The number of hydrogen-bond donors (Lipinski definition) is 1. The van der Waals surface area contributed by atoms with Gasteiger partial charge < -0.3 is 28.8 Å². The largest absolute Gasteiger partial charge is 0.461 e. The Morgan fingerprint density at radius 2 is 1.42 bits per heavy atom. The standard InChI is InChI=1S/C37H46O11/c1-20-27(48-29(42)16-15-26-13-11-10-12-14-26)17-18-36(9)31(20)33(46-24(5)40)37(35(7,8)43)19-28(44-22(3)38)21(2)30(37)32(45-23(4)39)34(36)47-25(6)41/h10-16,27-28,31-34,43H,1,17-19H2,2-9H3/t27-,28+,31+,32-,33-,34+,36+,37+/m1/s1. The average molecular weight is 667 g/mol. The Kier molecular flexibility index (Phi) is 10.4. The number of carbonyl (C=O) groups is 5. The molecule has 0 radical (unpaired) electrons. The molecule has 0 bridgehead atoms. The quantitative estimate of drug-likeness (QED) is 0.176. The number of aliphatic hydroxyl groups is 1. The lowest BCUT2D eigenvalue weighted by Crippen LogP contribution is -2.60. The van der Waals surface area contributed by atoms with Crippen molar-refractivity contribution in [2.75, 3.05) is 0 Å². The van der Waals surface area contributed by atoms with E-state index < -0.39 is 82.7 Å². The topological polar surface area (TPSA) is 152 Å². The molecule has 0 heterocycles. The third kappa shape index (κ3) is 6.83. The normalized spacial score (nSPS) is 31.6. The molecule has 0 aliphatic heterocycles. The average Bonchev–Trinajstić information content (AvgIpc) is 3.23. The van der Waals surface area contributed by atoms with E-state index in [0.29, 0.717) is 16.7 Å². The summed E-state index contributed by atoms with van der Waals surface area (Å²) in [4.78, 5) is 64.0. The summed E-state index contributed by atoms with van der Waals surface area (Å²) >= 11 is 0. The van der Waals surface area contributed by atoms with Crippen LogP contribution < -0.4 is 0 Å². The Morgan fingerprint density at radius 1 is 0.854 bits per heavy atom. The van der Waals surface area contributed by atoms with Gasteiger partial charge in [-0.25, -0.2) is 4.79 Å². The number of carbonyl (C=O) groups excluding carboxylic acids is 5. The van der Waals surface area contributed by atoms with Gasteiger partial charge in [-0.3, -0.25) is 19.2 Å². The van der Waals surface area contributed by atoms with Gasteiger partial charge in [0.2, 0.25) is 0 Å². The Bertz CT molecular complexity index is 1530. The second kappa shape index (κ2) is 13.7. The maximum absolute atomic E-state index is 13.1. The molecule has 3 aliphatic carbocycles. The minimum absolute atomic E-state index is 0.0517. The van der Waals surface area contributed by atoms with Gasteiger partial charge in [0.15, 0.2) is 6.10 Å². The summed E-state index contributed by atoms with van der Waals surface area (Å²) in [5.41, 5.74) is -2.44. The van der Waals surface area contributed by atoms with Crippen LogP contribution in [0.3, 0.4) is 0 Å². The van der Waals surface area contributed by atoms with Crippen molar-refractivity contribution in [3.63, 3.8) is 0 Å². The van der Waals surface area contributed by atoms with E-state index in [1.807, 2.05) is 37.3 Å². The Morgan fingerprint density at radius 3 is 1.96 bits per heavy atom. The van der Waals surface area contributed by atoms with Crippen molar-refractivity contribution in [1.29, 1.82) is 0 Å². The SMILES string of the molecule is C=C1[C@H](OC(=O)C=Cc2ccccc2)CC[C@]2(C)[C@@H](OC(C)=O)[C@H](OC(C)=O)C3=C(C)[C@@H](OC(C)=O)C[C@@]3(C(C)(C)O)[C@H](OC(C)=O)[C@H]12. The number of hydrogen-bond acceptors (Lipinski definition) is 11. The monoisotopic (exact) mass is 666 g/mol. The molecule has 0 aromatic heterocycles. The van der Waals surface area contributed by atoms with Gasteiger partial charge in [0.05, 0.1) is 11.0 Å². The summed E-state index contributed by atoms with van der Waals surface area (Å²) in [6, 6.07) is 9.23. The number of rotatable bonds is 8. The first kappa shape index (κ1) is 36.6. The lowest BCUT2D eigenvalue weighted by Gasteiger charge is -2.54. The van der Waals surface area contributed by atoms with E-state index in [4.69, 9.17) is 23.7 Å². The van der Waals surface area contributed by atoms with Crippen molar-refractivity contribution in [2.24, 2.45) is 16.7 Å². The van der Waals surface area contributed by atoms with E-state index in [9.17, 15) is 29.1 Å². The van der Waals surface area contributed by atoms with Crippen molar-refractivity contribution in [3.8, 4) is 0 Å². The first-order chi connectivity index (χ1) is 22.3. The zero-order chi connectivity index (χ0) is 35.8. The molecule has 2 saturated carbocycles. The Balaban J connectivity index is 1.96. The molecule has 0 unspecified atom stereocenters. The van der Waals surface area contributed by atoms with Crippen LogP contribution in [0.4, 0.5) is 0 Å². The highest BCUT2D eigenvalue weighted by atomic mass is 16.6. The highest BCUT2D eigenvalue weighted by molar-refractivity contribution is 5.87. The van der Waals surface area contributed by atoms with Gasteiger partial charge in [0, 0.05) is 51.5 Å². The molecule has 0 amide bonds. The molecule has 8 atom stereocenters. The Hall–Kier alpha value is -4.25. The summed E-state index contributed by atoms with van der Waals surface area (Å²) < 4.78 is 30.0. The zero-order valence-corrected chi connectivity index (χ0v) is 28.9. The first-order valence-corrected chi connectivity index (χ1v) is 16.1. The molecule has 3 aliphatic rings. The van der Waals surface area contributed by atoms with Gasteiger partial charge >= 0.3 is 29.8 Å². The molecule has 48 heavy (non-hydrogen) atoms. The van der Waals surface area contributed by atoms with E-state index in [-0.39, 0.29) is 19.3 Å². The molecule has 4 rings (SSSR count). The molecule has 1 N–H and O–H groups in total. The molecule has 11 nitrogen and oxygen atoms in total. The molecule has 11 heteroatoms. The predicted molar refractivity (Wildman–Crippen MR) is 174 cm³/mol. The third-order valence-corrected chi connectivity index (χ3v) is 10.1. The van der Waals surface area contributed by atoms with Crippen molar-refractivity contribution >= 4 is 35.9 Å². The summed E-state index contributed by atoms with van der Waals surface area (Å²) in [5.74, 6) is -4.14. The van der Waals surface area contributed by atoms with E-state index in [0.717, 1.165) is 5.56 Å². The second-order valence-electron chi connectivity index (χ2n) is 13.8. The van der Waals surface area contributed by atoms with E-state index >= 15 is 0 Å². The minimum atomic E-state index is -1.72. The Labute approximate surface area is 281 Å². The first-order valence-electron chi connectivity index (χ1n) is 16.1. The molecule has 0 saturated heterocycles. The fraction of sp³-hybridized carbons (Fsp3) is 0.541. The van der Waals surface area contributed by atoms with Gasteiger partial charge in [0.1, 0.15) is 24.4 Å². The summed E-state index contributed by atoms with van der Waals surface area (Å²) in [7, 11) is 0. The smallest absolute Gasteiger partial charge is 0.331 e. The van der Waals surface area contributed by atoms with Gasteiger partial charge in [-0.15, -0.1) is 0 Å². The molecule has 260 valence electrons. The van der Waals surface area contributed by atoms with Crippen molar-refractivity contribution in [3.05, 3.63) is 65.3 Å². The predicted octanol–water partition coefficient (Wildman–Crippen LogP) is 4.80. The fourth-order valence-corrected chi connectivity index (χ4v) is 8.20. The molecular formula is C37H46O11. The number of benzene rings is 1. The van der Waals surface area contributed by atoms with Crippen molar-refractivity contribution in [2.45, 2.75) is 111 Å². The van der Waals surface area contributed by atoms with Crippen LogP contribution in [0.15, 0.2) is 59.7 Å². The van der Waals surface area contributed by atoms with Gasteiger partial charge in [-0.05, 0) is 62.0 Å². The zero-order valence-electron chi connectivity index (χ0n) is 28.9. The van der Waals surface area contributed by atoms with Crippen molar-refractivity contribution < 1.29 is 52.8 Å². The summed E-state index contributed by atoms with van der Waals surface area (Å²) in [6.45, 7) is 15.9. The van der Waals surface area contributed by atoms with Gasteiger partial charge in [-0.2, -0.15) is 0 Å². The molecule has 1 aromatic carbocycles. The highest BCUT2D eigenvalue weighted by Gasteiger charge is 2.72. The van der Waals surface area contributed by atoms with Crippen LogP contribution in [0.2, 0.25) is 0 Å². The fourth-order valence-electron chi connectivity index (χ4n) is 8.20. The number of ether oxygens (including phenoxy) is 5. The van der Waals surface area contributed by atoms with Crippen LogP contribution in [-0.4, -0.2) is 71.1 Å². The maximum atomic E-state index is 13.1. The lowest BCUT2D eigenvalue weighted by molar-refractivity contribution is -0.192. The molecule has 1 aromatic rings. The van der Waals surface area contributed by atoms with Crippen molar-refractivity contribution in [1.82, 2.24) is 0 Å². The van der Waals surface area contributed by atoms with E-state index in [1.54, 1.807) is 26.8 Å². The second-order valence-corrected chi connectivity index (χ2v) is 13.8. The molecule has 0 spiro atoms. The highest BCUT2D eigenvalue weighted by Crippen LogP contribution is 2.66. The molecule has 2 fully saturated rings. The van der Waals surface area contributed by atoms with Crippen LogP contribution in [0.25, 0.3) is 6.08 Å². The number of fused-ring (bicyclic) bond motifs is 2. The molecular weight excluding hydrogens is 620 g/mol. The van der Waals surface area contributed by atoms with E-state index in [2.05, 4.69) is 6.58 Å². The minimum Gasteiger partial charge on any atom is -0.461 e. The van der Waals surface area contributed by atoms with Crippen LogP contribution in [0, 0.1) is 16.7 Å². The van der Waals surface area contributed by atoms with Crippen LogP contribution in [0.5, 0.6) is 0 Å². The lowest BCUT2D eigenvalue weighted by atomic mass is 9.55. The summed E-state index contributed by atoms with van der Waals surface area (Å²) in [5, 5.41) is 12.2. The van der Waals surface area contributed by atoms with Crippen LogP contribution >= 0.6 is 0 Å². The van der Waals surface area contributed by atoms with E-state index in [1.165, 1.54) is 33.8 Å². The van der Waals surface area contributed by atoms with Gasteiger partial charge in [-0.1, -0.05) is 43.8 Å².